The maximum absolute atomic E-state index is 9.80. The Labute approximate surface area is 356 Å². The molecule has 0 aliphatic carbocycles. The minimum atomic E-state index is -0.680. The molecule has 59 heavy (non-hydrogen) atoms. The summed E-state index contributed by atoms with van der Waals surface area (Å²) in [5, 5.41) is 4.85. The van der Waals surface area contributed by atoms with Crippen molar-refractivity contribution >= 4 is 82.4 Å². The molecule has 2 aromatic heterocycles. The van der Waals surface area contributed by atoms with Crippen LogP contribution in [0, 0.1) is 0 Å². The Morgan fingerprint density at radius 2 is 1.12 bits per heavy atom. The normalized spacial score (nSPS) is 14.3. The second kappa shape index (κ2) is 13.4. The van der Waals surface area contributed by atoms with Crippen molar-refractivity contribution in [1.29, 1.82) is 0 Å². The zero-order valence-corrected chi connectivity index (χ0v) is 31.2. The third-order valence-corrected chi connectivity index (χ3v) is 11.2. The first kappa shape index (κ1) is 24.0. The molecule has 0 N–H and O–H groups in total. The molecule has 12 aromatic rings. The number of aromatic nitrogens is 1. The van der Waals surface area contributed by atoms with Gasteiger partial charge in [-0.25, -0.2) is 0 Å². The van der Waals surface area contributed by atoms with Crippen LogP contribution in [0.3, 0.4) is 0 Å². The number of anilines is 3. The Morgan fingerprint density at radius 1 is 0.424 bits per heavy atom. The van der Waals surface area contributed by atoms with E-state index < -0.39 is 72.0 Å². The Kier molecular flexibility index (Phi) is 5.44. The van der Waals surface area contributed by atoms with Gasteiger partial charge in [-0.15, -0.1) is 0 Å². The number of furan rings is 1. The summed E-state index contributed by atoms with van der Waals surface area (Å²) in [6, 6.07) is 43.1. The summed E-state index contributed by atoms with van der Waals surface area (Å²) in [6.45, 7) is 0. The predicted molar refractivity (Wildman–Crippen MR) is 249 cm³/mol. The molecule has 3 nitrogen and oxygen atoms in total. The van der Waals surface area contributed by atoms with Crippen molar-refractivity contribution in [1.82, 2.24) is 4.57 Å². The molecule has 0 saturated carbocycles. The fraction of sp³-hybridized carbons (Fsp3) is 0. The van der Waals surface area contributed by atoms with E-state index in [0.29, 0.717) is 27.9 Å². The van der Waals surface area contributed by atoms with E-state index in [2.05, 4.69) is 41.0 Å². The number of fused-ring (bicyclic) bond motifs is 9. The van der Waals surface area contributed by atoms with Gasteiger partial charge in [0.15, 0.2) is 0 Å². The van der Waals surface area contributed by atoms with Gasteiger partial charge in [0.2, 0.25) is 0 Å². The van der Waals surface area contributed by atoms with Gasteiger partial charge in [0, 0.05) is 38.5 Å². The summed E-state index contributed by atoms with van der Waals surface area (Å²) in [4.78, 5) is 1.67. The van der Waals surface area contributed by atoms with E-state index in [4.69, 9.17) is 14.0 Å². The van der Waals surface area contributed by atoms with Gasteiger partial charge in [0.25, 0.3) is 0 Å². The lowest BCUT2D eigenvalue weighted by molar-refractivity contribution is 0.672. The van der Waals surface area contributed by atoms with Gasteiger partial charge < -0.3 is 13.9 Å². The summed E-state index contributed by atoms with van der Waals surface area (Å²) >= 11 is 0. The summed E-state index contributed by atoms with van der Waals surface area (Å²) in [5.74, 6) is 0. The maximum atomic E-state index is 9.80. The quantitative estimate of drug-likeness (QED) is 0.168. The molecule has 0 saturated heterocycles. The highest BCUT2D eigenvalue weighted by molar-refractivity contribution is 6.19. The summed E-state index contributed by atoms with van der Waals surface area (Å²) in [6.07, 6.45) is 0. The van der Waals surface area contributed by atoms with E-state index >= 15 is 0 Å². The predicted octanol–water partition coefficient (Wildman–Crippen LogP) is 15.8. The third kappa shape index (κ3) is 5.29. The molecule has 2 heterocycles. The average molecular weight is 764 g/mol. The summed E-state index contributed by atoms with van der Waals surface area (Å²) in [7, 11) is 0. The van der Waals surface area contributed by atoms with E-state index in [1.54, 1.807) is 11.0 Å². The van der Waals surface area contributed by atoms with Crippen molar-refractivity contribution in [2.24, 2.45) is 0 Å². The van der Waals surface area contributed by atoms with Crippen LogP contribution < -0.4 is 4.90 Å². The second-order valence-electron chi connectivity index (χ2n) is 14.4. The minimum Gasteiger partial charge on any atom is -0.455 e. The number of hydrogen-bond acceptors (Lipinski definition) is 2. The number of benzene rings is 10. The first-order chi connectivity index (χ1) is 33.9. The lowest BCUT2D eigenvalue weighted by Gasteiger charge is -2.27. The number of para-hydroxylation sites is 3. The van der Waals surface area contributed by atoms with Crippen molar-refractivity contribution in [3.05, 3.63) is 218 Å². The SMILES string of the molecule is [2H]c1c([2H])c(N(c2ccc(-c3ccccc3-n3c4ccccc4c4ccccc43)cc2)c2cccc3oc4c5ccccc5ccc4c23)c([2H])c([2H])c1-c1c([2H])c([2H])c([2H])c2c([2H])c([2H])c([2H])c([2H])c12. The average Bonchev–Trinajstić information content (AvgIpc) is 3.95. The molecule has 0 fully saturated rings. The van der Waals surface area contributed by atoms with Crippen LogP contribution in [0.2, 0.25) is 0 Å². The zero-order chi connectivity index (χ0) is 48.4. The third-order valence-electron chi connectivity index (χ3n) is 11.2. The first-order valence-electron chi connectivity index (χ1n) is 24.8. The smallest absolute Gasteiger partial charge is 0.143 e. The number of nitrogens with zero attached hydrogens (tertiary/aromatic N) is 2. The van der Waals surface area contributed by atoms with Gasteiger partial charge in [0.1, 0.15) is 11.2 Å². The molecule has 0 bridgehead atoms. The van der Waals surface area contributed by atoms with Crippen molar-refractivity contribution in [3.8, 4) is 27.9 Å². The molecule has 3 heteroatoms. The van der Waals surface area contributed by atoms with Crippen LogP contribution in [0.5, 0.6) is 0 Å². The standard InChI is InChI=1S/C56H36N2O/c1-3-16-43-37(13-1)15-11-21-44(43)39-27-32-41(33-28-39)57(53-25-12-26-54-55(53)49-36-31-38-14-2-4-18-46(38)56(49)59-54)42-34-29-40(30-35-42)45-17-5-8-22-50(45)58-51-23-9-6-19-47(51)48-20-7-10-24-52(48)58/h1-36H/i1D,3D,11D,13D,15D,16D,21D,27D,28D,32D,33D. The molecule has 0 radical (unpaired) electrons. The van der Waals surface area contributed by atoms with Gasteiger partial charge in [-0.05, 0) is 93.5 Å². The van der Waals surface area contributed by atoms with Crippen LogP contribution in [-0.2, 0) is 0 Å². The maximum Gasteiger partial charge on any atom is 0.143 e. The molecule has 0 unspecified atom stereocenters. The fourth-order valence-corrected chi connectivity index (χ4v) is 8.54. The van der Waals surface area contributed by atoms with Gasteiger partial charge >= 0.3 is 0 Å². The molecule has 0 atom stereocenters. The van der Waals surface area contributed by atoms with Crippen LogP contribution in [-0.4, -0.2) is 4.57 Å². The van der Waals surface area contributed by atoms with Gasteiger partial charge in [-0.2, -0.15) is 0 Å². The Hall–Kier alpha value is -7.88. The molecule has 0 aliphatic heterocycles. The molecule has 10 aromatic carbocycles. The molecule has 0 amide bonds. The highest BCUT2D eigenvalue weighted by Gasteiger charge is 2.21. The summed E-state index contributed by atoms with van der Waals surface area (Å²) < 4.78 is 109. The molecule has 0 spiro atoms. The number of rotatable bonds is 6. The van der Waals surface area contributed by atoms with Gasteiger partial charge in [-0.1, -0.05) is 158 Å². The van der Waals surface area contributed by atoms with Crippen molar-refractivity contribution in [2.75, 3.05) is 4.90 Å². The monoisotopic (exact) mass is 763 g/mol. The number of hydrogen-bond donors (Lipinski definition) is 0. The Bertz CT molecular complexity index is 4130. The Morgan fingerprint density at radius 3 is 1.93 bits per heavy atom. The van der Waals surface area contributed by atoms with E-state index in [-0.39, 0.29) is 22.0 Å². The molecule has 276 valence electrons. The lowest BCUT2D eigenvalue weighted by atomic mass is 9.98. The largest absolute Gasteiger partial charge is 0.455 e. The van der Waals surface area contributed by atoms with E-state index in [1.807, 2.05) is 109 Å². The minimum absolute atomic E-state index is 0.138. The van der Waals surface area contributed by atoms with Crippen LogP contribution >= 0.6 is 0 Å². The molecule has 0 aliphatic rings. The van der Waals surface area contributed by atoms with Crippen LogP contribution in [0.15, 0.2) is 223 Å². The van der Waals surface area contributed by atoms with Crippen molar-refractivity contribution < 1.29 is 19.5 Å². The molecular formula is C56H36N2O. The van der Waals surface area contributed by atoms with Gasteiger partial charge in [0.05, 0.1) is 42.9 Å². The molecular weight excluding hydrogens is 717 g/mol. The molecule has 12 rings (SSSR count). The van der Waals surface area contributed by atoms with Gasteiger partial charge in [-0.3, -0.25) is 0 Å². The highest BCUT2D eigenvalue weighted by atomic mass is 16.3. The first-order valence-corrected chi connectivity index (χ1v) is 19.3. The fourth-order valence-electron chi connectivity index (χ4n) is 8.54. The highest BCUT2D eigenvalue weighted by Crippen LogP contribution is 2.45. The van der Waals surface area contributed by atoms with E-state index in [1.165, 1.54) is 0 Å². The second-order valence-corrected chi connectivity index (χ2v) is 14.4. The Balaban J connectivity index is 1.11. The summed E-state index contributed by atoms with van der Waals surface area (Å²) in [5.41, 5.74) is 6.07. The van der Waals surface area contributed by atoms with Crippen molar-refractivity contribution in [2.45, 2.75) is 0 Å². The van der Waals surface area contributed by atoms with Crippen LogP contribution in [0.4, 0.5) is 17.1 Å². The van der Waals surface area contributed by atoms with Crippen LogP contribution in [0.1, 0.15) is 15.1 Å². The van der Waals surface area contributed by atoms with Crippen LogP contribution in [0.25, 0.3) is 93.2 Å². The van der Waals surface area contributed by atoms with E-state index in [0.717, 1.165) is 54.8 Å². The van der Waals surface area contributed by atoms with E-state index in [9.17, 15) is 5.48 Å². The van der Waals surface area contributed by atoms with Crippen molar-refractivity contribution in [3.63, 3.8) is 0 Å². The lowest BCUT2D eigenvalue weighted by Crippen LogP contribution is -2.10. The topological polar surface area (TPSA) is 21.3 Å². The zero-order valence-electron chi connectivity index (χ0n) is 42.2.